The summed E-state index contributed by atoms with van der Waals surface area (Å²) in [5, 5.41) is 3.14. The van der Waals surface area contributed by atoms with E-state index >= 15 is 0 Å². The van der Waals surface area contributed by atoms with Gasteiger partial charge in [0.2, 0.25) is 0 Å². The molecule has 0 bridgehead atoms. The molecular formula is C23H32BN5O4. The van der Waals surface area contributed by atoms with E-state index in [9.17, 15) is 4.79 Å². The van der Waals surface area contributed by atoms with Crippen molar-refractivity contribution in [3.63, 3.8) is 0 Å². The summed E-state index contributed by atoms with van der Waals surface area (Å²) < 4.78 is 17.5. The number of H-pyrrole nitrogens is 1. The number of rotatable bonds is 5. The lowest BCUT2D eigenvalue weighted by Gasteiger charge is -2.43. The minimum absolute atomic E-state index is 0.225. The molecule has 176 valence electrons. The van der Waals surface area contributed by atoms with Gasteiger partial charge in [0.1, 0.15) is 11.5 Å². The van der Waals surface area contributed by atoms with Gasteiger partial charge in [-0.3, -0.25) is 9.69 Å². The number of hydrogen-bond acceptors (Lipinski definition) is 8. The highest BCUT2D eigenvalue weighted by Crippen LogP contribution is 2.36. The summed E-state index contributed by atoms with van der Waals surface area (Å²) in [7, 11) is -0.548. The van der Waals surface area contributed by atoms with E-state index in [1.165, 1.54) is 0 Å². The van der Waals surface area contributed by atoms with Crippen LogP contribution in [0.4, 0.5) is 17.2 Å². The first-order valence-electron chi connectivity index (χ1n) is 11.6. The van der Waals surface area contributed by atoms with Crippen molar-refractivity contribution >= 4 is 29.8 Å². The molecule has 0 amide bonds. The second-order valence-electron chi connectivity index (χ2n) is 10.0. The van der Waals surface area contributed by atoms with Crippen molar-refractivity contribution < 1.29 is 14.0 Å². The first kappa shape index (κ1) is 22.4. The smallest absolute Gasteiger partial charge is 0.399 e. The van der Waals surface area contributed by atoms with Gasteiger partial charge in [-0.15, -0.1) is 0 Å². The Morgan fingerprint density at radius 1 is 1.09 bits per heavy atom. The van der Waals surface area contributed by atoms with Crippen molar-refractivity contribution in [3.8, 4) is 0 Å². The van der Waals surface area contributed by atoms with E-state index in [1.54, 1.807) is 12.3 Å². The maximum atomic E-state index is 12.4. The van der Waals surface area contributed by atoms with Crippen LogP contribution in [0.1, 0.15) is 27.7 Å². The highest BCUT2D eigenvalue weighted by Gasteiger charge is 2.51. The number of pyridine rings is 2. The summed E-state index contributed by atoms with van der Waals surface area (Å²) in [5.41, 5.74) is 1.12. The third-order valence-electron chi connectivity index (χ3n) is 7.28. The van der Waals surface area contributed by atoms with Crippen LogP contribution in [0.5, 0.6) is 0 Å². The van der Waals surface area contributed by atoms with Gasteiger partial charge < -0.3 is 29.2 Å². The molecule has 3 fully saturated rings. The molecule has 2 N–H and O–H groups in total. The van der Waals surface area contributed by atoms with Crippen LogP contribution in [0.3, 0.4) is 0 Å². The van der Waals surface area contributed by atoms with Crippen LogP contribution in [0.15, 0.2) is 35.4 Å². The molecule has 3 saturated heterocycles. The molecule has 9 nitrogen and oxygen atoms in total. The van der Waals surface area contributed by atoms with Gasteiger partial charge in [-0.1, -0.05) is 0 Å². The second kappa shape index (κ2) is 8.43. The molecule has 0 spiro atoms. The van der Waals surface area contributed by atoms with Gasteiger partial charge in [-0.2, -0.15) is 0 Å². The number of nitrogens with one attached hydrogen (secondary N) is 2. The van der Waals surface area contributed by atoms with E-state index in [0.717, 1.165) is 50.5 Å². The molecule has 0 unspecified atom stereocenters. The van der Waals surface area contributed by atoms with E-state index in [1.807, 2.05) is 46.0 Å². The molecule has 3 aliphatic heterocycles. The Morgan fingerprint density at radius 3 is 2.36 bits per heavy atom. The topological polar surface area (TPSA) is 92.0 Å². The Hall–Kier alpha value is -2.40. The van der Waals surface area contributed by atoms with E-state index in [-0.39, 0.29) is 5.56 Å². The SMILES string of the molecule is CC1(C)OB(c2c[nH]c(=O)c(Nc3ccc(N4CCN(C5COC5)CC4)cn3)c2)OC1(C)C. The van der Waals surface area contributed by atoms with Crippen LogP contribution in [0.2, 0.25) is 0 Å². The Kier molecular flexibility index (Phi) is 5.72. The van der Waals surface area contributed by atoms with Gasteiger partial charge >= 0.3 is 7.12 Å². The Bertz CT molecular complexity index is 1030. The zero-order valence-corrected chi connectivity index (χ0v) is 19.8. The molecule has 0 atom stereocenters. The van der Waals surface area contributed by atoms with Crippen molar-refractivity contribution in [1.29, 1.82) is 0 Å². The lowest BCUT2D eigenvalue weighted by molar-refractivity contribution is -0.0660. The largest absolute Gasteiger partial charge is 0.496 e. The molecule has 2 aromatic rings. The third-order valence-corrected chi connectivity index (χ3v) is 7.28. The highest BCUT2D eigenvalue weighted by molar-refractivity contribution is 6.62. The average Bonchev–Trinajstić information content (AvgIpc) is 2.97. The predicted molar refractivity (Wildman–Crippen MR) is 129 cm³/mol. The van der Waals surface area contributed by atoms with Gasteiger partial charge in [0, 0.05) is 37.8 Å². The monoisotopic (exact) mass is 453 g/mol. The minimum atomic E-state index is -0.548. The van der Waals surface area contributed by atoms with Crippen LogP contribution < -0.4 is 21.2 Å². The number of nitrogens with zero attached hydrogens (tertiary/aromatic N) is 3. The molecule has 0 radical (unpaired) electrons. The van der Waals surface area contributed by atoms with E-state index in [0.29, 0.717) is 17.5 Å². The number of hydrogen-bond donors (Lipinski definition) is 2. The number of piperazine rings is 1. The van der Waals surface area contributed by atoms with E-state index < -0.39 is 18.3 Å². The minimum Gasteiger partial charge on any atom is -0.399 e. The van der Waals surface area contributed by atoms with Crippen LogP contribution in [-0.4, -0.2) is 78.6 Å². The number of ether oxygens (including phenoxy) is 1. The lowest BCUT2D eigenvalue weighted by Crippen LogP contribution is -2.56. The fourth-order valence-corrected chi connectivity index (χ4v) is 4.27. The molecule has 10 heteroatoms. The zero-order valence-electron chi connectivity index (χ0n) is 19.8. The summed E-state index contributed by atoms with van der Waals surface area (Å²) in [6.45, 7) is 13.8. The standard InChI is InChI=1S/C23H32BN5O4/c1-22(2)23(3,4)33-24(32-22)16-11-19(21(30)26-12-16)27-20-6-5-17(13-25-20)28-7-9-29(10-8-28)18-14-31-15-18/h5-6,11-13,18H,7-10,14-15H2,1-4H3,(H,25,27)(H,26,30). The molecular weight excluding hydrogens is 421 g/mol. The molecule has 3 aliphatic rings. The first-order valence-corrected chi connectivity index (χ1v) is 11.6. The normalized spacial score (nSPS) is 22.9. The maximum Gasteiger partial charge on any atom is 0.496 e. The van der Waals surface area contributed by atoms with Crippen LogP contribution in [-0.2, 0) is 14.0 Å². The van der Waals surface area contributed by atoms with Gasteiger partial charge in [0.25, 0.3) is 5.56 Å². The number of aromatic amines is 1. The molecule has 5 rings (SSSR count). The predicted octanol–water partition coefficient (Wildman–Crippen LogP) is 1.33. The Balaban J connectivity index is 1.24. The van der Waals surface area contributed by atoms with Gasteiger partial charge in [-0.05, 0) is 45.9 Å². The molecule has 0 aliphatic carbocycles. The van der Waals surface area contributed by atoms with Crippen molar-refractivity contribution in [2.45, 2.75) is 44.9 Å². The van der Waals surface area contributed by atoms with Crippen molar-refractivity contribution in [2.24, 2.45) is 0 Å². The summed E-state index contributed by atoms with van der Waals surface area (Å²) in [6.07, 6.45) is 3.50. The molecule has 2 aromatic heterocycles. The van der Waals surface area contributed by atoms with Crippen LogP contribution in [0.25, 0.3) is 0 Å². The number of anilines is 3. The maximum absolute atomic E-state index is 12.4. The van der Waals surface area contributed by atoms with Gasteiger partial charge in [-0.25, -0.2) is 4.98 Å². The summed E-state index contributed by atoms with van der Waals surface area (Å²) >= 11 is 0. The second-order valence-corrected chi connectivity index (χ2v) is 10.0. The summed E-state index contributed by atoms with van der Waals surface area (Å²) in [5.74, 6) is 0.612. The fourth-order valence-electron chi connectivity index (χ4n) is 4.27. The highest BCUT2D eigenvalue weighted by atomic mass is 16.7. The molecule has 33 heavy (non-hydrogen) atoms. The van der Waals surface area contributed by atoms with Crippen molar-refractivity contribution in [1.82, 2.24) is 14.9 Å². The Morgan fingerprint density at radius 2 is 1.79 bits per heavy atom. The summed E-state index contributed by atoms with van der Waals surface area (Å²) in [6, 6.07) is 6.30. The van der Waals surface area contributed by atoms with E-state index in [2.05, 4.69) is 25.1 Å². The van der Waals surface area contributed by atoms with Crippen molar-refractivity contribution in [3.05, 3.63) is 40.9 Å². The summed E-state index contributed by atoms with van der Waals surface area (Å²) in [4.78, 5) is 24.6. The van der Waals surface area contributed by atoms with Gasteiger partial charge in [0.15, 0.2) is 0 Å². The van der Waals surface area contributed by atoms with Crippen LogP contribution in [0, 0.1) is 0 Å². The molecule has 0 aromatic carbocycles. The number of aromatic nitrogens is 2. The van der Waals surface area contributed by atoms with E-state index in [4.69, 9.17) is 14.0 Å². The van der Waals surface area contributed by atoms with Crippen molar-refractivity contribution in [2.75, 3.05) is 49.6 Å². The van der Waals surface area contributed by atoms with Crippen LogP contribution >= 0.6 is 0 Å². The Labute approximate surface area is 194 Å². The van der Waals surface area contributed by atoms with Gasteiger partial charge in [0.05, 0.1) is 42.3 Å². The molecule has 0 saturated carbocycles. The first-order chi connectivity index (χ1) is 15.7. The quantitative estimate of drug-likeness (QED) is 0.656. The fraction of sp³-hybridized carbons (Fsp3) is 0.565. The zero-order chi connectivity index (χ0) is 23.2. The molecule has 5 heterocycles. The average molecular weight is 453 g/mol. The third kappa shape index (κ3) is 4.40. The lowest BCUT2D eigenvalue weighted by atomic mass is 9.80.